The number of carbonyl (C=O) groups is 1. The van der Waals surface area contributed by atoms with Gasteiger partial charge in [0.05, 0.1) is 30.9 Å². The molecule has 1 N–H and O–H groups in total. The molecule has 200 valence electrons. The molecule has 38 heavy (non-hydrogen) atoms. The van der Waals surface area contributed by atoms with E-state index in [0.29, 0.717) is 30.3 Å². The third-order valence-electron chi connectivity index (χ3n) is 5.89. The molecule has 1 heterocycles. The SMILES string of the molecule is Cc1ccc(S(=O)(=O)N(CC(=O)N/N=C\c2ccc3c(c2)OCC(C)(C)CO3)Cc2ccccc2F)cc1. The minimum Gasteiger partial charge on any atom is -0.489 e. The van der Waals surface area contributed by atoms with Gasteiger partial charge in [-0.3, -0.25) is 4.79 Å². The number of halogens is 1. The Balaban J connectivity index is 1.48. The third kappa shape index (κ3) is 6.76. The molecular weight excluding hydrogens is 509 g/mol. The molecule has 3 aromatic carbocycles. The average molecular weight is 540 g/mol. The van der Waals surface area contributed by atoms with Crippen molar-refractivity contribution < 1.29 is 27.1 Å². The highest BCUT2D eigenvalue weighted by molar-refractivity contribution is 7.89. The summed E-state index contributed by atoms with van der Waals surface area (Å²) in [5.74, 6) is -0.0369. The molecule has 0 unspecified atom stereocenters. The largest absolute Gasteiger partial charge is 0.489 e. The lowest BCUT2D eigenvalue weighted by Gasteiger charge is -2.22. The number of ether oxygens (including phenoxy) is 2. The number of rotatable bonds is 8. The van der Waals surface area contributed by atoms with E-state index in [4.69, 9.17) is 9.47 Å². The second-order valence-corrected chi connectivity index (χ2v) is 11.9. The Morgan fingerprint density at radius 2 is 1.74 bits per heavy atom. The lowest BCUT2D eigenvalue weighted by molar-refractivity contribution is -0.121. The van der Waals surface area contributed by atoms with Crippen molar-refractivity contribution in [3.05, 3.63) is 89.2 Å². The van der Waals surface area contributed by atoms with E-state index in [1.165, 1.54) is 36.5 Å². The molecule has 0 bridgehead atoms. The summed E-state index contributed by atoms with van der Waals surface area (Å²) in [5.41, 5.74) is 3.92. The van der Waals surface area contributed by atoms with Crippen molar-refractivity contribution in [2.75, 3.05) is 19.8 Å². The molecule has 0 aliphatic carbocycles. The molecule has 0 saturated carbocycles. The molecule has 1 aliphatic rings. The summed E-state index contributed by atoms with van der Waals surface area (Å²) < 4.78 is 53.7. The Morgan fingerprint density at radius 3 is 2.45 bits per heavy atom. The van der Waals surface area contributed by atoms with Gasteiger partial charge in [0, 0.05) is 17.5 Å². The van der Waals surface area contributed by atoms with Crippen molar-refractivity contribution >= 4 is 22.1 Å². The first-order valence-corrected chi connectivity index (χ1v) is 13.5. The van der Waals surface area contributed by atoms with Gasteiger partial charge < -0.3 is 9.47 Å². The van der Waals surface area contributed by atoms with Gasteiger partial charge in [0.15, 0.2) is 11.5 Å². The van der Waals surface area contributed by atoms with E-state index >= 15 is 0 Å². The Hall–Kier alpha value is -3.76. The average Bonchev–Trinajstić information content (AvgIpc) is 3.03. The molecule has 0 spiro atoms. The van der Waals surface area contributed by atoms with Gasteiger partial charge in [-0.15, -0.1) is 0 Å². The number of hydrogen-bond acceptors (Lipinski definition) is 6. The Labute approximate surface area is 222 Å². The second-order valence-electron chi connectivity index (χ2n) is 9.92. The molecule has 1 amide bonds. The predicted octanol–water partition coefficient (Wildman–Crippen LogP) is 4.27. The lowest BCUT2D eigenvalue weighted by Crippen LogP contribution is -2.39. The molecule has 10 heteroatoms. The van der Waals surface area contributed by atoms with E-state index in [0.717, 1.165) is 9.87 Å². The first kappa shape index (κ1) is 27.3. The normalized spacial score (nSPS) is 14.9. The van der Waals surface area contributed by atoms with Crippen molar-refractivity contribution in [3.8, 4) is 11.5 Å². The molecule has 0 fully saturated rings. The molecule has 1 aliphatic heterocycles. The summed E-state index contributed by atoms with van der Waals surface area (Å²) in [5, 5.41) is 3.97. The van der Waals surface area contributed by atoms with Crippen molar-refractivity contribution in [3.63, 3.8) is 0 Å². The number of sulfonamides is 1. The quantitative estimate of drug-likeness (QED) is 0.341. The summed E-state index contributed by atoms with van der Waals surface area (Å²) in [6.07, 6.45) is 1.42. The van der Waals surface area contributed by atoms with Crippen LogP contribution in [0.4, 0.5) is 4.39 Å². The number of hydrogen-bond donors (Lipinski definition) is 1. The van der Waals surface area contributed by atoms with E-state index in [9.17, 15) is 17.6 Å². The van der Waals surface area contributed by atoms with E-state index in [1.807, 2.05) is 20.8 Å². The van der Waals surface area contributed by atoms with Crippen molar-refractivity contribution in [2.24, 2.45) is 10.5 Å². The number of fused-ring (bicyclic) bond motifs is 1. The number of hydrazone groups is 1. The number of nitrogens with zero attached hydrogens (tertiary/aromatic N) is 2. The first-order chi connectivity index (χ1) is 18.0. The monoisotopic (exact) mass is 539 g/mol. The van der Waals surface area contributed by atoms with Crippen LogP contribution in [0.3, 0.4) is 0 Å². The lowest BCUT2D eigenvalue weighted by atomic mass is 9.97. The fraction of sp³-hybridized carbons (Fsp3) is 0.286. The highest BCUT2D eigenvalue weighted by Crippen LogP contribution is 2.34. The summed E-state index contributed by atoms with van der Waals surface area (Å²) in [6, 6.07) is 17.4. The van der Waals surface area contributed by atoms with Crippen molar-refractivity contribution in [2.45, 2.75) is 32.2 Å². The maximum absolute atomic E-state index is 14.3. The van der Waals surface area contributed by atoms with Crippen LogP contribution in [0.25, 0.3) is 0 Å². The maximum atomic E-state index is 14.3. The summed E-state index contributed by atoms with van der Waals surface area (Å²) >= 11 is 0. The van der Waals surface area contributed by atoms with E-state index in [2.05, 4.69) is 10.5 Å². The highest BCUT2D eigenvalue weighted by Gasteiger charge is 2.28. The zero-order valence-corrected chi connectivity index (χ0v) is 22.3. The maximum Gasteiger partial charge on any atom is 0.255 e. The van der Waals surface area contributed by atoms with Gasteiger partial charge in [0.2, 0.25) is 10.0 Å². The fourth-order valence-corrected chi connectivity index (χ4v) is 5.08. The minimum atomic E-state index is -4.10. The Bertz CT molecular complexity index is 1440. The number of aryl methyl sites for hydroxylation is 1. The van der Waals surface area contributed by atoms with Crippen LogP contribution in [0, 0.1) is 18.2 Å². The molecule has 8 nitrogen and oxygen atoms in total. The van der Waals surface area contributed by atoms with Gasteiger partial charge in [-0.2, -0.15) is 9.41 Å². The summed E-state index contributed by atoms with van der Waals surface area (Å²) in [6.45, 7) is 6.07. The fourth-order valence-electron chi connectivity index (χ4n) is 3.70. The number of amides is 1. The topological polar surface area (TPSA) is 97.3 Å². The van der Waals surface area contributed by atoms with Crippen LogP contribution in [0.1, 0.15) is 30.5 Å². The molecule has 0 atom stereocenters. The van der Waals surface area contributed by atoms with Gasteiger partial charge in [-0.1, -0.05) is 49.7 Å². The van der Waals surface area contributed by atoms with Crippen LogP contribution in [0.5, 0.6) is 11.5 Å². The summed E-state index contributed by atoms with van der Waals surface area (Å²) in [7, 11) is -4.10. The first-order valence-electron chi connectivity index (χ1n) is 12.1. The Morgan fingerprint density at radius 1 is 1.05 bits per heavy atom. The number of benzene rings is 3. The van der Waals surface area contributed by atoms with E-state index in [1.54, 1.807) is 36.4 Å². The molecule has 3 aromatic rings. The molecule has 0 radical (unpaired) electrons. The van der Waals surface area contributed by atoms with Gasteiger partial charge in [0.25, 0.3) is 5.91 Å². The van der Waals surface area contributed by atoms with Gasteiger partial charge in [-0.25, -0.2) is 18.2 Å². The zero-order valence-electron chi connectivity index (χ0n) is 21.5. The van der Waals surface area contributed by atoms with Gasteiger partial charge in [-0.05, 0) is 48.9 Å². The van der Waals surface area contributed by atoms with Crippen molar-refractivity contribution in [1.82, 2.24) is 9.73 Å². The highest BCUT2D eigenvalue weighted by atomic mass is 32.2. The van der Waals surface area contributed by atoms with Crippen LogP contribution >= 0.6 is 0 Å². The number of nitrogens with one attached hydrogen (secondary N) is 1. The second kappa shape index (κ2) is 11.3. The van der Waals surface area contributed by atoms with Gasteiger partial charge >= 0.3 is 0 Å². The zero-order chi connectivity index (χ0) is 27.3. The molecule has 0 aromatic heterocycles. The van der Waals surface area contributed by atoms with Crippen LogP contribution in [-0.4, -0.2) is 44.6 Å². The minimum absolute atomic E-state index is 0.00566. The Kier molecular flexibility index (Phi) is 8.13. The van der Waals surface area contributed by atoms with Crippen LogP contribution in [0.15, 0.2) is 76.7 Å². The van der Waals surface area contributed by atoms with Crippen LogP contribution in [-0.2, 0) is 21.4 Å². The standard InChI is InChI=1S/C28H30FN3O5S/c1-20-8-11-23(12-9-20)38(34,35)32(16-22-6-4-5-7-24(22)29)17-27(33)31-30-15-21-10-13-25-26(14-21)37-19-28(2,3)18-36-25/h4-15H,16-19H2,1-3H3,(H,31,33)/b30-15-. The molecular formula is C28H30FN3O5S. The van der Waals surface area contributed by atoms with Crippen LogP contribution < -0.4 is 14.9 Å². The third-order valence-corrected chi connectivity index (χ3v) is 7.70. The number of carbonyl (C=O) groups excluding carboxylic acids is 1. The summed E-state index contributed by atoms with van der Waals surface area (Å²) in [4.78, 5) is 12.7. The molecule has 4 rings (SSSR count). The van der Waals surface area contributed by atoms with Crippen molar-refractivity contribution in [1.29, 1.82) is 0 Å². The predicted molar refractivity (Wildman–Crippen MR) is 142 cm³/mol. The van der Waals surface area contributed by atoms with E-state index in [-0.39, 0.29) is 22.4 Å². The van der Waals surface area contributed by atoms with E-state index < -0.39 is 28.3 Å². The van der Waals surface area contributed by atoms with Crippen LogP contribution in [0.2, 0.25) is 0 Å². The van der Waals surface area contributed by atoms with Gasteiger partial charge in [0.1, 0.15) is 5.82 Å². The smallest absolute Gasteiger partial charge is 0.255 e. The molecule has 0 saturated heterocycles.